The summed E-state index contributed by atoms with van der Waals surface area (Å²) < 4.78 is 31.1. The summed E-state index contributed by atoms with van der Waals surface area (Å²) in [5.41, 5.74) is 11.2. The molecule has 7 nitrogen and oxygen atoms in total. The van der Waals surface area contributed by atoms with Crippen LogP contribution in [0.1, 0.15) is 50.2 Å². The van der Waals surface area contributed by atoms with Gasteiger partial charge in [-0.25, -0.2) is 8.78 Å². The third-order valence-electron chi connectivity index (χ3n) is 7.37. The highest BCUT2D eigenvalue weighted by molar-refractivity contribution is 6.31. The molecule has 1 aliphatic heterocycles. The number of halogens is 4. The Labute approximate surface area is 231 Å². The van der Waals surface area contributed by atoms with Crippen molar-refractivity contribution in [2.45, 2.75) is 62.8 Å². The van der Waals surface area contributed by atoms with Crippen LogP contribution in [0.2, 0.25) is 10.0 Å². The van der Waals surface area contributed by atoms with Crippen LogP contribution in [0.3, 0.4) is 0 Å². The molecule has 0 spiro atoms. The molecule has 0 saturated carbocycles. The zero-order valence-corrected chi connectivity index (χ0v) is 23.0. The molecule has 3 rings (SSSR count). The van der Waals surface area contributed by atoms with Gasteiger partial charge in [-0.3, -0.25) is 4.79 Å². The topological polar surface area (TPSA) is 134 Å². The van der Waals surface area contributed by atoms with E-state index in [2.05, 4.69) is 10.6 Å². The van der Waals surface area contributed by atoms with Crippen molar-refractivity contribution in [3.05, 3.63) is 69.2 Å². The zero-order valence-electron chi connectivity index (χ0n) is 21.5. The maximum Gasteiger partial charge on any atom is 0.237 e. The third-order valence-corrected chi connectivity index (χ3v) is 7.89. The molecule has 1 amide bonds. The minimum atomic E-state index is -1.60. The van der Waals surface area contributed by atoms with Crippen LogP contribution in [0.5, 0.6) is 0 Å². The highest BCUT2D eigenvalue weighted by Gasteiger charge is 2.58. The van der Waals surface area contributed by atoms with E-state index in [-0.39, 0.29) is 39.6 Å². The van der Waals surface area contributed by atoms with E-state index in [1.165, 1.54) is 24.3 Å². The Morgan fingerprint density at radius 1 is 1.26 bits per heavy atom. The highest BCUT2D eigenvalue weighted by Crippen LogP contribution is 2.50. The highest BCUT2D eigenvalue weighted by atomic mass is 35.5. The molecule has 8 N–H and O–H groups in total. The second-order valence-corrected chi connectivity index (χ2v) is 11.5. The van der Waals surface area contributed by atoms with Crippen LogP contribution in [0.25, 0.3) is 0 Å². The first kappa shape index (κ1) is 30.7. The maximum atomic E-state index is 15.6. The number of carbonyl (C=O) groups is 1. The molecule has 1 fully saturated rings. The molecule has 1 heterocycles. The van der Waals surface area contributed by atoms with E-state index in [9.17, 15) is 9.90 Å². The Balaban J connectivity index is 2.18. The van der Waals surface area contributed by atoms with Crippen molar-refractivity contribution in [1.29, 1.82) is 0 Å². The number of hydrogen-bond donors (Lipinski definition) is 6. The molecule has 5 atom stereocenters. The molecule has 0 radical (unpaired) electrons. The van der Waals surface area contributed by atoms with Gasteiger partial charge in [0.15, 0.2) is 0 Å². The second-order valence-electron chi connectivity index (χ2n) is 10.7. The van der Waals surface area contributed by atoms with Gasteiger partial charge >= 0.3 is 0 Å². The van der Waals surface area contributed by atoms with Crippen LogP contribution in [-0.2, 0) is 10.3 Å². The number of aliphatic hydroxyl groups excluding tert-OH is 2. The van der Waals surface area contributed by atoms with Gasteiger partial charge in [-0.15, -0.1) is 0 Å². The van der Waals surface area contributed by atoms with Gasteiger partial charge in [-0.1, -0.05) is 55.2 Å². The van der Waals surface area contributed by atoms with E-state index in [4.69, 9.17) is 39.8 Å². The van der Waals surface area contributed by atoms with E-state index in [1.807, 2.05) is 13.8 Å². The minimum absolute atomic E-state index is 0.0553. The van der Waals surface area contributed by atoms with Gasteiger partial charge in [-0.2, -0.15) is 0 Å². The molecule has 210 valence electrons. The third kappa shape index (κ3) is 6.47. The lowest BCUT2D eigenvalue weighted by atomic mass is 9.67. The summed E-state index contributed by atoms with van der Waals surface area (Å²) >= 11 is 12.2. The van der Waals surface area contributed by atoms with Crippen LogP contribution < -0.4 is 22.1 Å². The van der Waals surface area contributed by atoms with Gasteiger partial charge in [0.1, 0.15) is 11.6 Å². The molecule has 38 heavy (non-hydrogen) atoms. The van der Waals surface area contributed by atoms with Crippen LogP contribution in [0, 0.1) is 17.0 Å². The summed E-state index contributed by atoms with van der Waals surface area (Å²) in [4.78, 5) is 13.5. The summed E-state index contributed by atoms with van der Waals surface area (Å²) in [6, 6.07) is 6.79. The standard InChI is InChI=1S/C27H36Cl2F2N4O3/c1-26(2,9-10-32)13-21-27(33,18-7-6-15(28)12-20(18)30)22(17-4-3-5-19(29)23(17)31)24(35-21)25(38)34-11-8-16(37)14-36/h3-7,12,16,21-22,24,35-37H,8-11,13-14,32-33H2,1-2H3,(H,34,38). The smallest absolute Gasteiger partial charge is 0.237 e. The molecule has 0 bridgehead atoms. The summed E-state index contributed by atoms with van der Waals surface area (Å²) in [5.74, 6) is -3.01. The summed E-state index contributed by atoms with van der Waals surface area (Å²) in [6.45, 7) is 4.02. The van der Waals surface area contributed by atoms with Crippen molar-refractivity contribution in [3.8, 4) is 0 Å². The van der Waals surface area contributed by atoms with Crippen LogP contribution >= 0.6 is 23.2 Å². The first-order valence-electron chi connectivity index (χ1n) is 12.6. The van der Waals surface area contributed by atoms with Gasteiger partial charge in [0.25, 0.3) is 0 Å². The zero-order chi connectivity index (χ0) is 28.3. The normalized spacial score (nSPS) is 24.4. The average Bonchev–Trinajstić information content (AvgIpc) is 3.12. The Morgan fingerprint density at radius 2 is 1.97 bits per heavy atom. The van der Waals surface area contributed by atoms with Crippen molar-refractivity contribution in [3.63, 3.8) is 0 Å². The van der Waals surface area contributed by atoms with Gasteiger partial charge in [0.05, 0.1) is 29.3 Å². The lowest BCUT2D eigenvalue weighted by Crippen LogP contribution is -2.52. The Morgan fingerprint density at radius 3 is 2.61 bits per heavy atom. The number of hydrogen-bond acceptors (Lipinski definition) is 6. The van der Waals surface area contributed by atoms with E-state index in [1.54, 1.807) is 6.07 Å². The number of nitrogens with two attached hydrogens (primary N) is 2. The van der Waals surface area contributed by atoms with E-state index in [0.717, 1.165) is 6.07 Å². The Hall–Kier alpha value is -1.85. The van der Waals surface area contributed by atoms with E-state index < -0.39 is 53.8 Å². The molecule has 2 aromatic carbocycles. The van der Waals surface area contributed by atoms with Gasteiger partial charge in [0.2, 0.25) is 5.91 Å². The predicted octanol–water partition coefficient (Wildman–Crippen LogP) is 3.17. The van der Waals surface area contributed by atoms with Gasteiger partial charge < -0.3 is 32.3 Å². The predicted molar refractivity (Wildman–Crippen MR) is 145 cm³/mol. The number of aliphatic hydroxyl groups is 2. The number of rotatable bonds is 11. The molecule has 5 unspecified atom stereocenters. The summed E-state index contributed by atoms with van der Waals surface area (Å²) in [5, 5.41) is 24.8. The Bertz CT molecular complexity index is 1140. The van der Waals surface area contributed by atoms with Crippen molar-refractivity contribution >= 4 is 29.1 Å². The number of amides is 1. The second kappa shape index (κ2) is 12.6. The number of carbonyl (C=O) groups excluding carboxylic acids is 1. The minimum Gasteiger partial charge on any atom is -0.394 e. The molecule has 1 saturated heterocycles. The van der Waals surface area contributed by atoms with Crippen molar-refractivity contribution < 1.29 is 23.8 Å². The molecule has 0 aromatic heterocycles. The molecule has 2 aromatic rings. The first-order valence-corrected chi connectivity index (χ1v) is 13.3. The number of benzene rings is 2. The van der Waals surface area contributed by atoms with Crippen LogP contribution in [0.4, 0.5) is 8.78 Å². The van der Waals surface area contributed by atoms with Crippen molar-refractivity contribution in [1.82, 2.24) is 10.6 Å². The van der Waals surface area contributed by atoms with Gasteiger partial charge in [-0.05, 0) is 55.0 Å². The first-order chi connectivity index (χ1) is 17.9. The fraction of sp³-hybridized carbons (Fsp3) is 0.519. The molecule has 11 heteroatoms. The Kier molecular flexibility index (Phi) is 10.1. The fourth-order valence-corrected chi connectivity index (χ4v) is 5.74. The summed E-state index contributed by atoms with van der Waals surface area (Å²) in [7, 11) is 0. The molecular formula is C27H36Cl2F2N4O3. The SMILES string of the molecule is CC(C)(CCN)CC1NC(C(=O)NCCC(O)CO)C(c2cccc(Cl)c2F)C1(N)c1ccc(Cl)cc1F. The molecule has 0 aliphatic carbocycles. The van der Waals surface area contributed by atoms with Gasteiger partial charge in [0, 0.05) is 29.1 Å². The average molecular weight is 574 g/mol. The molecular weight excluding hydrogens is 537 g/mol. The lowest BCUT2D eigenvalue weighted by molar-refractivity contribution is -0.123. The monoisotopic (exact) mass is 572 g/mol. The largest absolute Gasteiger partial charge is 0.394 e. The van der Waals surface area contributed by atoms with Crippen LogP contribution in [0.15, 0.2) is 36.4 Å². The maximum absolute atomic E-state index is 15.6. The van der Waals surface area contributed by atoms with Crippen LogP contribution in [-0.4, -0.2) is 54.0 Å². The van der Waals surface area contributed by atoms with E-state index in [0.29, 0.717) is 19.4 Å². The quantitative estimate of drug-likeness (QED) is 0.245. The van der Waals surface area contributed by atoms with Crippen molar-refractivity contribution in [2.24, 2.45) is 16.9 Å². The van der Waals surface area contributed by atoms with E-state index >= 15 is 8.78 Å². The number of nitrogens with one attached hydrogen (secondary N) is 2. The summed E-state index contributed by atoms with van der Waals surface area (Å²) in [6.07, 6.45) is 0.136. The molecule has 1 aliphatic rings. The lowest BCUT2D eigenvalue weighted by Gasteiger charge is -2.40. The van der Waals surface area contributed by atoms with Crippen molar-refractivity contribution in [2.75, 3.05) is 19.7 Å². The fourth-order valence-electron chi connectivity index (χ4n) is 5.40.